The maximum atomic E-state index is 11.2. The minimum Gasteiger partial charge on any atom is -0.324 e. The molecule has 13 heavy (non-hydrogen) atoms. The second-order valence-electron chi connectivity index (χ2n) is 3.03. The van der Waals surface area contributed by atoms with Gasteiger partial charge in [-0.2, -0.15) is 8.42 Å². The molecule has 0 spiro atoms. The molecule has 76 valence electrons. The molecule has 0 aliphatic carbocycles. The highest BCUT2D eigenvalue weighted by molar-refractivity contribution is 7.87. The van der Waals surface area contributed by atoms with Crippen LogP contribution in [0.15, 0.2) is 0 Å². The Morgan fingerprint density at radius 1 is 1.46 bits per heavy atom. The molecule has 0 unspecified atom stereocenters. The van der Waals surface area contributed by atoms with Crippen molar-refractivity contribution < 1.29 is 17.2 Å². The molecule has 0 aromatic heterocycles. The Balaban J connectivity index is 4.07. The summed E-state index contributed by atoms with van der Waals surface area (Å²) in [5.41, 5.74) is 0. The highest BCUT2D eigenvalue weighted by atomic mass is 32.2. The molecule has 0 bridgehead atoms. The van der Waals surface area contributed by atoms with E-state index in [1.54, 1.807) is 0 Å². The monoisotopic (exact) mass is 224 g/mol. The quantitative estimate of drug-likeness (QED) is 0.389. The van der Waals surface area contributed by atoms with Crippen LogP contribution in [0.2, 0.25) is 0 Å². The predicted molar refractivity (Wildman–Crippen MR) is 52.9 cm³/mol. The first kappa shape index (κ1) is 12.7. The Bertz CT molecular complexity index is 332. The van der Waals surface area contributed by atoms with E-state index < -0.39 is 17.3 Å². The van der Waals surface area contributed by atoms with E-state index in [-0.39, 0.29) is 18.5 Å². The molecular weight excluding hydrogens is 211 g/mol. The van der Waals surface area contributed by atoms with Gasteiger partial charge in [0.05, 0.1) is 12.9 Å². The van der Waals surface area contributed by atoms with Gasteiger partial charge >= 0.3 is 0 Å². The van der Waals surface area contributed by atoms with Gasteiger partial charge in [-0.15, -0.1) is 6.42 Å². The molecule has 4 nitrogen and oxygen atoms in total. The van der Waals surface area contributed by atoms with Crippen molar-refractivity contribution >= 4 is 17.3 Å². The molecule has 0 aromatic carbocycles. The van der Waals surface area contributed by atoms with E-state index in [1.165, 1.54) is 13.3 Å². The van der Waals surface area contributed by atoms with Gasteiger partial charge in [-0.05, 0) is 13.3 Å². The van der Waals surface area contributed by atoms with Gasteiger partial charge in [-0.3, -0.25) is 4.18 Å². The van der Waals surface area contributed by atoms with Crippen molar-refractivity contribution in [3.8, 4) is 12.3 Å². The number of hydrogen-bond acceptors (Lipinski definition) is 4. The molecule has 0 saturated carbocycles. The minimum absolute atomic E-state index is 0.125. The zero-order chi connectivity index (χ0) is 10.5. The fraction of sp³-hybridized carbons (Fsp3) is 0.714. The Kier molecular flexibility index (Phi) is 4.69. The molecule has 0 radical (unpaired) electrons. The Morgan fingerprint density at radius 3 is 2.38 bits per heavy atom. The summed E-state index contributed by atoms with van der Waals surface area (Å²) in [7, 11) is -5.90. The van der Waals surface area contributed by atoms with Crippen LogP contribution in [0.3, 0.4) is 0 Å². The standard InChI is InChI=1S/C7H13O4PS/c1-4-5-11-13(9,10)7-6-12(2,3)8/h1H,5-7H2,2-3H3. The molecule has 0 fully saturated rings. The molecule has 6 heteroatoms. The zero-order valence-electron chi connectivity index (χ0n) is 7.69. The van der Waals surface area contributed by atoms with Gasteiger partial charge in [0.1, 0.15) is 6.61 Å². The predicted octanol–water partition coefficient (Wildman–Crippen LogP) is 0.589. The highest BCUT2D eigenvalue weighted by Gasteiger charge is 2.16. The molecule has 0 heterocycles. The zero-order valence-corrected chi connectivity index (χ0v) is 9.40. The van der Waals surface area contributed by atoms with E-state index >= 15 is 0 Å². The van der Waals surface area contributed by atoms with Gasteiger partial charge in [0.15, 0.2) is 0 Å². The first-order valence-electron chi connectivity index (χ1n) is 3.61. The van der Waals surface area contributed by atoms with Gasteiger partial charge in [-0.1, -0.05) is 5.92 Å². The van der Waals surface area contributed by atoms with Gasteiger partial charge < -0.3 is 4.57 Å². The lowest BCUT2D eigenvalue weighted by atomic mass is 10.8. The highest BCUT2D eigenvalue weighted by Crippen LogP contribution is 2.35. The van der Waals surface area contributed by atoms with Crippen molar-refractivity contribution in [3.63, 3.8) is 0 Å². The second-order valence-corrected chi connectivity index (χ2v) is 8.38. The van der Waals surface area contributed by atoms with E-state index in [1.807, 2.05) is 0 Å². The summed E-state index contributed by atoms with van der Waals surface area (Å²) in [6.07, 6.45) is 4.95. The molecule has 0 rings (SSSR count). The fourth-order valence-electron chi connectivity index (χ4n) is 0.514. The Morgan fingerprint density at radius 2 is 2.00 bits per heavy atom. The van der Waals surface area contributed by atoms with Crippen molar-refractivity contribution in [1.82, 2.24) is 0 Å². The lowest BCUT2D eigenvalue weighted by molar-refractivity contribution is 0.364. The van der Waals surface area contributed by atoms with Crippen molar-refractivity contribution in [2.75, 3.05) is 31.9 Å². The van der Waals surface area contributed by atoms with Gasteiger partial charge in [0, 0.05) is 6.16 Å². The van der Waals surface area contributed by atoms with E-state index in [4.69, 9.17) is 6.42 Å². The van der Waals surface area contributed by atoms with Crippen LogP contribution in [-0.2, 0) is 18.9 Å². The molecule has 0 amide bonds. The topological polar surface area (TPSA) is 60.4 Å². The smallest absolute Gasteiger partial charge is 0.268 e. The molecule has 0 aromatic rings. The lowest BCUT2D eigenvalue weighted by Gasteiger charge is -2.06. The molecule has 0 saturated heterocycles. The van der Waals surface area contributed by atoms with Gasteiger partial charge in [0.25, 0.3) is 10.1 Å². The van der Waals surface area contributed by atoms with Gasteiger partial charge in [0.2, 0.25) is 0 Å². The van der Waals surface area contributed by atoms with Crippen molar-refractivity contribution in [2.45, 2.75) is 0 Å². The first-order valence-corrected chi connectivity index (χ1v) is 7.98. The second kappa shape index (κ2) is 4.80. The van der Waals surface area contributed by atoms with Crippen LogP contribution < -0.4 is 0 Å². The first-order chi connectivity index (χ1) is 5.77. The van der Waals surface area contributed by atoms with Crippen LogP contribution in [0, 0.1) is 12.3 Å². The summed E-state index contributed by atoms with van der Waals surface area (Å²) in [5.74, 6) is 1.81. The van der Waals surface area contributed by atoms with Crippen molar-refractivity contribution in [2.24, 2.45) is 0 Å². The SMILES string of the molecule is C#CCOS(=O)(=O)CCP(C)(C)=O. The molecule has 0 N–H and O–H groups in total. The summed E-state index contributed by atoms with van der Waals surface area (Å²) in [4.78, 5) is 0. The van der Waals surface area contributed by atoms with Crippen LogP contribution in [0.25, 0.3) is 0 Å². The van der Waals surface area contributed by atoms with E-state index in [2.05, 4.69) is 10.1 Å². The Labute approximate surface area is 79.2 Å². The van der Waals surface area contributed by atoms with Gasteiger partial charge in [-0.25, -0.2) is 0 Å². The molecule has 0 atom stereocenters. The van der Waals surface area contributed by atoms with Crippen LogP contribution in [0.1, 0.15) is 0 Å². The molecule has 0 aliphatic heterocycles. The Hall–Kier alpha value is -0.300. The van der Waals surface area contributed by atoms with Crippen molar-refractivity contribution in [1.29, 1.82) is 0 Å². The molecular formula is C7H13O4PS. The fourth-order valence-corrected chi connectivity index (χ4v) is 3.53. The maximum absolute atomic E-state index is 11.2. The third-order valence-electron chi connectivity index (χ3n) is 1.20. The van der Waals surface area contributed by atoms with E-state index in [0.29, 0.717) is 0 Å². The molecule has 0 aliphatic rings. The average molecular weight is 224 g/mol. The van der Waals surface area contributed by atoms with E-state index in [0.717, 1.165) is 0 Å². The largest absolute Gasteiger partial charge is 0.324 e. The van der Waals surface area contributed by atoms with Crippen LogP contribution in [-0.4, -0.2) is 40.3 Å². The maximum Gasteiger partial charge on any atom is 0.268 e. The summed E-state index contributed by atoms with van der Waals surface area (Å²) < 4.78 is 37.6. The average Bonchev–Trinajstić information content (AvgIpc) is 1.97. The number of rotatable bonds is 5. The van der Waals surface area contributed by atoms with Crippen LogP contribution >= 0.6 is 7.14 Å². The van der Waals surface area contributed by atoms with Crippen LogP contribution in [0.5, 0.6) is 0 Å². The third-order valence-corrected chi connectivity index (χ3v) is 3.99. The summed E-state index contributed by atoms with van der Waals surface area (Å²) >= 11 is 0. The summed E-state index contributed by atoms with van der Waals surface area (Å²) in [6.45, 7) is 2.80. The minimum atomic E-state index is -3.59. The van der Waals surface area contributed by atoms with Crippen LogP contribution in [0.4, 0.5) is 0 Å². The third kappa shape index (κ3) is 8.04. The summed E-state index contributed by atoms with van der Waals surface area (Å²) in [6, 6.07) is 0. The number of hydrogen-bond donors (Lipinski definition) is 0. The summed E-state index contributed by atoms with van der Waals surface area (Å²) in [5, 5.41) is 0. The number of terminal acetylenes is 1. The van der Waals surface area contributed by atoms with E-state index in [9.17, 15) is 13.0 Å². The van der Waals surface area contributed by atoms with Crippen molar-refractivity contribution in [3.05, 3.63) is 0 Å². The normalized spacial score (nSPS) is 12.4. The lowest BCUT2D eigenvalue weighted by Crippen LogP contribution is -2.13.